The Hall–Kier alpha value is -1.84. The lowest BCUT2D eigenvalue weighted by atomic mass is 9.81. The zero-order valence-corrected chi connectivity index (χ0v) is 12.7. The molecule has 1 aromatic heterocycles. The summed E-state index contributed by atoms with van der Waals surface area (Å²) in [5.41, 5.74) is 6.71. The van der Waals surface area contributed by atoms with E-state index in [1.165, 1.54) is 32.1 Å². The first-order chi connectivity index (χ1) is 10.3. The van der Waals surface area contributed by atoms with Gasteiger partial charge in [-0.2, -0.15) is 4.98 Å². The second kappa shape index (κ2) is 6.29. The van der Waals surface area contributed by atoms with Gasteiger partial charge in [0, 0.05) is 11.9 Å². The van der Waals surface area contributed by atoms with Gasteiger partial charge in [0.25, 0.3) is 0 Å². The number of aromatic nitrogens is 2. The first-order valence-electron chi connectivity index (χ1n) is 8.02. The van der Waals surface area contributed by atoms with Crippen molar-refractivity contribution in [1.29, 1.82) is 0 Å². The van der Waals surface area contributed by atoms with Crippen molar-refractivity contribution >= 4 is 22.7 Å². The molecule has 1 heterocycles. The Morgan fingerprint density at radius 2 is 1.81 bits per heavy atom. The van der Waals surface area contributed by atoms with Crippen LogP contribution in [0.15, 0.2) is 24.3 Å². The maximum absolute atomic E-state index is 5.81. The van der Waals surface area contributed by atoms with Crippen LogP contribution < -0.4 is 11.1 Å². The Labute approximate surface area is 126 Å². The summed E-state index contributed by atoms with van der Waals surface area (Å²) in [4.78, 5) is 8.65. The summed E-state index contributed by atoms with van der Waals surface area (Å²) >= 11 is 0. The van der Waals surface area contributed by atoms with Crippen LogP contribution in [0.4, 0.5) is 11.8 Å². The highest BCUT2D eigenvalue weighted by molar-refractivity contribution is 5.89. The van der Waals surface area contributed by atoms with Gasteiger partial charge in [0.1, 0.15) is 5.82 Å². The van der Waals surface area contributed by atoms with E-state index >= 15 is 0 Å². The van der Waals surface area contributed by atoms with Crippen molar-refractivity contribution in [2.75, 3.05) is 17.6 Å². The molecule has 0 bridgehead atoms. The van der Waals surface area contributed by atoms with Crippen LogP contribution in [-0.4, -0.2) is 16.5 Å². The van der Waals surface area contributed by atoms with Crippen molar-refractivity contribution in [2.45, 2.75) is 39.0 Å². The van der Waals surface area contributed by atoms with Crippen LogP contribution in [0.3, 0.4) is 0 Å². The van der Waals surface area contributed by atoms with Gasteiger partial charge in [-0.15, -0.1) is 0 Å². The van der Waals surface area contributed by atoms with Gasteiger partial charge >= 0.3 is 0 Å². The minimum atomic E-state index is 0.339. The maximum Gasteiger partial charge on any atom is 0.222 e. The highest BCUT2D eigenvalue weighted by Crippen LogP contribution is 2.31. The lowest BCUT2D eigenvalue weighted by Crippen LogP contribution is -2.21. The zero-order chi connectivity index (χ0) is 14.7. The number of nitrogens with zero attached hydrogens (tertiary/aromatic N) is 2. The van der Waals surface area contributed by atoms with Crippen molar-refractivity contribution < 1.29 is 0 Å². The lowest BCUT2D eigenvalue weighted by molar-refractivity contribution is 0.278. The first-order valence-corrected chi connectivity index (χ1v) is 8.02. The molecule has 4 nitrogen and oxygen atoms in total. The Bertz CT molecular complexity index is 603. The maximum atomic E-state index is 5.81. The molecular weight excluding hydrogens is 260 g/mol. The van der Waals surface area contributed by atoms with Crippen molar-refractivity contribution in [3.05, 3.63) is 24.3 Å². The van der Waals surface area contributed by atoms with Gasteiger partial charge in [-0.25, -0.2) is 4.98 Å². The van der Waals surface area contributed by atoms with E-state index in [4.69, 9.17) is 5.73 Å². The van der Waals surface area contributed by atoms with E-state index in [9.17, 15) is 0 Å². The van der Waals surface area contributed by atoms with Gasteiger partial charge in [0.15, 0.2) is 0 Å². The molecule has 0 aliphatic heterocycles. The van der Waals surface area contributed by atoms with Gasteiger partial charge < -0.3 is 11.1 Å². The highest BCUT2D eigenvalue weighted by atomic mass is 15.1. The van der Waals surface area contributed by atoms with E-state index < -0.39 is 0 Å². The van der Waals surface area contributed by atoms with Crippen LogP contribution in [-0.2, 0) is 0 Å². The summed E-state index contributed by atoms with van der Waals surface area (Å²) < 4.78 is 0. The molecule has 21 heavy (non-hydrogen) atoms. The molecule has 1 aromatic carbocycles. The second-order valence-electron chi connectivity index (χ2n) is 6.12. The predicted octanol–water partition coefficient (Wildman–Crippen LogP) is 3.84. The van der Waals surface area contributed by atoms with Crippen molar-refractivity contribution in [1.82, 2.24) is 9.97 Å². The molecular formula is C17H24N4. The number of nitrogens with two attached hydrogens (primary N) is 1. The molecule has 0 radical (unpaired) electrons. The number of hydrogen-bond donors (Lipinski definition) is 2. The van der Waals surface area contributed by atoms with E-state index in [0.29, 0.717) is 5.95 Å². The van der Waals surface area contributed by atoms with Crippen LogP contribution in [0.1, 0.15) is 39.0 Å². The summed E-state index contributed by atoms with van der Waals surface area (Å²) in [5, 5.41) is 4.55. The van der Waals surface area contributed by atoms with E-state index in [1.807, 2.05) is 24.3 Å². The van der Waals surface area contributed by atoms with Gasteiger partial charge in [-0.3, -0.25) is 0 Å². The molecule has 0 amide bonds. The number of benzene rings is 1. The smallest absolute Gasteiger partial charge is 0.222 e. The SMILES string of the molecule is CCC1CCC(CNc2nc(N)nc3ccccc23)CC1. The first kappa shape index (κ1) is 14.1. The normalized spacial score (nSPS) is 22.3. The van der Waals surface area contributed by atoms with Gasteiger partial charge in [0.2, 0.25) is 5.95 Å². The number of rotatable bonds is 4. The van der Waals surface area contributed by atoms with Crippen molar-refractivity contribution in [3.63, 3.8) is 0 Å². The lowest BCUT2D eigenvalue weighted by Gasteiger charge is -2.28. The molecule has 0 unspecified atom stereocenters. The number of nitrogen functional groups attached to an aromatic ring is 1. The van der Waals surface area contributed by atoms with Crippen LogP contribution in [0, 0.1) is 11.8 Å². The summed E-state index contributed by atoms with van der Waals surface area (Å²) in [6.07, 6.45) is 6.71. The fraction of sp³-hybridized carbons (Fsp3) is 0.529. The molecule has 4 heteroatoms. The molecule has 0 saturated heterocycles. The summed E-state index contributed by atoms with van der Waals surface area (Å²) in [6.45, 7) is 3.29. The average molecular weight is 284 g/mol. The minimum absolute atomic E-state index is 0.339. The Balaban J connectivity index is 1.68. The van der Waals surface area contributed by atoms with Gasteiger partial charge in [-0.05, 0) is 36.8 Å². The topological polar surface area (TPSA) is 63.8 Å². The minimum Gasteiger partial charge on any atom is -0.369 e. The number of hydrogen-bond acceptors (Lipinski definition) is 4. The van der Waals surface area contributed by atoms with Crippen molar-refractivity contribution in [3.8, 4) is 0 Å². The van der Waals surface area contributed by atoms with Crippen LogP contribution in [0.2, 0.25) is 0 Å². The number of para-hydroxylation sites is 1. The second-order valence-corrected chi connectivity index (χ2v) is 6.12. The Kier molecular flexibility index (Phi) is 4.23. The van der Waals surface area contributed by atoms with Gasteiger partial charge in [-0.1, -0.05) is 38.3 Å². The standard InChI is InChI=1S/C17H24N4/c1-2-12-7-9-13(10-8-12)11-19-16-14-5-3-4-6-15(14)20-17(18)21-16/h3-6,12-13H,2,7-11H2,1H3,(H3,18,19,20,21). The van der Waals surface area contributed by atoms with Gasteiger partial charge in [0.05, 0.1) is 5.52 Å². The number of fused-ring (bicyclic) bond motifs is 1. The van der Waals surface area contributed by atoms with E-state index in [-0.39, 0.29) is 0 Å². The van der Waals surface area contributed by atoms with E-state index in [0.717, 1.165) is 35.1 Å². The molecule has 112 valence electrons. The quantitative estimate of drug-likeness (QED) is 0.895. The molecule has 3 rings (SSSR count). The molecule has 1 fully saturated rings. The van der Waals surface area contributed by atoms with Crippen LogP contribution >= 0.6 is 0 Å². The molecule has 1 aliphatic carbocycles. The highest BCUT2D eigenvalue weighted by Gasteiger charge is 2.20. The summed E-state index contributed by atoms with van der Waals surface area (Å²) in [5.74, 6) is 2.90. The third-order valence-corrected chi connectivity index (χ3v) is 4.72. The Morgan fingerprint density at radius 1 is 1.10 bits per heavy atom. The fourth-order valence-electron chi connectivity index (χ4n) is 3.31. The van der Waals surface area contributed by atoms with Crippen LogP contribution in [0.5, 0.6) is 0 Å². The van der Waals surface area contributed by atoms with Crippen molar-refractivity contribution in [2.24, 2.45) is 11.8 Å². The molecule has 2 aromatic rings. The number of nitrogens with one attached hydrogen (secondary N) is 1. The molecule has 3 N–H and O–H groups in total. The monoisotopic (exact) mass is 284 g/mol. The van der Waals surface area contributed by atoms with E-state index in [2.05, 4.69) is 22.2 Å². The average Bonchev–Trinajstić information content (AvgIpc) is 2.53. The van der Waals surface area contributed by atoms with Crippen LogP contribution in [0.25, 0.3) is 10.9 Å². The molecule has 1 saturated carbocycles. The summed E-state index contributed by atoms with van der Waals surface area (Å²) in [6, 6.07) is 8.01. The third-order valence-electron chi connectivity index (χ3n) is 4.72. The molecule has 1 aliphatic rings. The summed E-state index contributed by atoms with van der Waals surface area (Å²) in [7, 11) is 0. The molecule has 0 spiro atoms. The number of anilines is 2. The predicted molar refractivity (Wildman–Crippen MR) is 88.2 cm³/mol. The largest absolute Gasteiger partial charge is 0.369 e. The Morgan fingerprint density at radius 3 is 2.57 bits per heavy atom. The third kappa shape index (κ3) is 3.26. The fourth-order valence-corrected chi connectivity index (χ4v) is 3.31. The molecule has 0 atom stereocenters. The van der Waals surface area contributed by atoms with E-state index in [1.54, 1.807) is 0 Å². The zero-order valence-electron chi connectivity index (χ0n) is 12.7.